The summed E-state index contributed by atoms with van der Waals surface area (Å²) in [6.45, 7) is 1.55. The van der Waals surface area contributed by atoms with Gasteiger partial charge in [-0.05, 0) is 37.3 Å². The first-order valence-corrected chi connectivity index (χ1v) is 9.33. The molecule has 152 valence electrons. The number of nitrogens with zero attached hydrogens (tertiary/aromatic N) is 1. The van der Waals surface area contributed by atoms with Crippen LogP contribution in [-0.4, -0.2) is 33.6 Å². The number of nitro benzene ring substituents is 1. The van der Waals surface area contributed by atoms with Gasteiger partial charge < -0.3 is 5.32 Å². The second-order valence-corrected chi connectivity index (χ2v) is 7.09. The van der Waals surface area contributed by atoms with Crippen LogP contribution in [0.3, 0.4) is 0 Å². The van der Waals surface area contributed by atoms with E-state index < -0.39 is 27.8 Å². The number of nitro groups is 1. The van der Waals surface area contributed by atoms with Gasteiger partial charge in [-0.1, -0.05) is 6.07 Å². The fourth-order valence-electron chi connectivity index (χ4n) is 2.06. The second kappa shape index (κ2) is 10.2. The molecule has 2 aromatic rings. The third-order valence-electron chi connectivity index (χ3n) is 3.58. The van der Waals surface area contributed by atoms with Crippen molar-refractivity contribution in [1.29, 1.82) is 0 Å². The minimum Gasteiger partial charge on any atom is -0.325 e. The van der Waals surface area contributed by atoms with Gasteiger partial charge in [0.2, 0.25) is 5.91 Å². The number of hydrazine groups is 1. The van der Waals surface area contributed by atoms with E-state index in [9.17, 15) is 28.9 Å². The highest BCUT2D eigenvalue weighted by molar-refractivity contribution is 8.01. The molecule has 1 unspecified atom stereocenters. The predicted octanol–water partition coefficient (Wildman–Crippen LogP) is 2.26. The highest BCUT2D eigenvalue weighted by Crippen LogP contribution is 2.14. The van der Waals surface area contributed by atoms with Crippen molar-refractivity contribution in [3.63, 3.8) is 0 Å². The third kappa shape index (κ3) is 6.88. The van der Waals surface area contributed by atoms with E-state index in [1.54, 1.807) is 6.92 Å². The van der Waals surface area contributed by atoms with Crippen molar-refractivity contribution in [2.45, 2.75) is 12.2 Å². The SMILES string of the molecule is CC(SCC(=O)Nc1ccc(F)cc1)C(=O)NNC(=O)c1cccc([N+](=O)[O-])c1. The van der Waals surface area contributed by atoms with Gasteiger partial charge in [-0.25, -0.2) is 4.39 Å². The summed E-state index contributed by atoms with van der Waals surface area (Å²) < 4.78 is 12.8. The molecule has 0 aliphatic carbocycles. The predicted molar refractivity (Wildman–Crippen MR) is 106 cm³/mol. The normalized spacial score (nSPS) is 11.2. The van der Waals surface area contributed by atoms with E-state index >= 15 is 0 Å². The molecule has 29 heavy (non-hydrogen) atoms. The zero-order chi connectivity index (χ0) is 21.4. The van der Waals surface area contributed by atoms with Crippen LogP contribution in [0.25, 0.3) is 0 Å². The Balaban J connectivity index is 1.77. The van der Waals surface area contributed by atoms with Crippen molar-refractivity contribution < 1.29 is 23.7 Å². The smallest absolute Gasteiger partial charge is 0.270 e. The molecule has 2 aromatic carbocycles. The van der Waals surface area contributed by atoms with E-state index in [2.05, 4.69) is 16.2 Å². The first-order chi connectivity index (χ1) is 13.8. The van der Waals surface area contributed by atoms with Crippen LogP contribution in [0.1, 0.15) is 17.3 Å². The number of carbonyl (C=O) groups excluding carboxylic acids is 3. The highest BCUT2D eigenvalue weighted by Gasteiger charge is 2.17. The average molecular weight is 420 g/mol. The van der Waals surface area contributed by atoms with Crippen LogP contribution in [0.5, 0.6) is 0 Å². The van der Waals surface area contributed by atoms with Gasteiger partial charge in [-0.2, -0.15) is 0 Å². The standard InChI is InChI=1S/C18H17FN4O5S/c1-11(29-10-16(24)20-14-7-5-13(19)6-8-14)17(25)21-22-18(26)12-3-2-4-15(9-12)23(27)28/h2-9,11H,10H2,1H3,(H,20,24)(H,21,25)(H,22,26). The summed E-state index contributed by atoms with van der Waals surface area (Å²) in [5.41, 5.74) is 4.57. The molecule has 9 nitrogen and oxygen atoms in total. The van der Waals surface area contributed by atoms with E-state index in [4.69, 9.17) is 0 Å². The molecule has 0 bridgehead atoms. The Morgan fingerprint density at radius 2 is 1.83 bits per heavy atom. The van der Waals surface area contributed by atoms with E-state index in [1.807, 2.05) is 0 Å². The van der Waals surface area contributed by atoms with Crippen molar-refractivity contribution >= 4 is 40.9 Å². The molecule has 0 aliphatic rings. The highest BCUT2D eigenvalue weighted by atomic mass is 32.2. The number of benzene rings is 2. The quantitative estimate of drug-likeness (QED) is 0.465. The Kier molecular flexibility index (Phi) is 7.66. The van der Waals surface area contributed by atoms with Crippen molar-refractivity contribution in [1.82, 2.24) is 10.9 Å². The topological polar surface area (TPSA) is 130 Å². The lowest BCUT2D eigenvalue weighted by Gasteiger charge is -2.13. The van der Waals surface area contributed by atoms with Crippen LogP contribution in [-0.2, 0) is 9.59 Å². The molecule has 0 fully saturated rings. The van der Waals surface area contributed by atoms with Crippen LogP contribution >= 0.6 is 11.8 Å². The fourth-order valence-corrected chi connectivity index (χ4v) is 2.74. The summed E-state index contributed by atoms with van der Waals surface area (Å²) in [5.74, 6) is -2.10. The lowest BCUT2D eigenvalue weighted by Crippen LogP contribution is -2.45. The van der Waals surface area contributed by atoms with Gasteiger partial charge >= 0.3 is 0 Å². The van der Waals surface area contributed by atoms with E-state index in [0.29, 0.717) is 5.69 Å². The molecule has 0 heterocycles. The molecule has 2 rings (SSSR count). The van der Waals surface area contributed by atoms with Crippen molar-refractivity contribution in [3.05, 3.63) is 70.0 Å². The number of anilines is 1. The Morgan fingerprint density at radius 1 is 1.14 bits per heavy atom. The van der Waals surface area contributed by atoms with Gasteiger partial charge in [0.25, 0.3) is 17.5 Å². The summed E-state index contributed by atoms with van der Waals surface area (Å²) in [4.78, 5) is 46.0. The van der Waals surface area contributed by atoms with Gasteiger partial charge in [0.1, 0.15) is 5.82 Å². The average Bonchev–Trinajstić information content (AvgIpc) is 2.71. The maximum absolute atomic E-state index is 12.8. The first kappa shape index (κ1) is 21.8. The number of hydrogen-bond acceptors (Lipinski definition) is 6. The van der Waals surface area contributed by atoms with Crippen LogP contribution in [0, 0.1) is 15.9 Å². The number of nitrogens with one attached hydrogen (secondary N) is 3. The molecular weight excluding hydrogens is 403 g/mol. The molecule has 0 spiro atoms. The number of halogens is 1. The van der Waals surface area contributed by atoms with Gasteiger partial charge in [0.15, 0.2) is 0 Å². The summed E-state index contributed by atoms with van der Waals surface area (Å²) in [6, 6.07) is 10.3. The molecule has 0 saturated carbocycles. The van der Waals surface area contributed by atoms with Crippen molar-refractivity contribution in [2.75, 3.05) is 11.1 Å². The number of rotatable bonds is 7. The van der Waals surface area contributed by atoms with Gasteiger partial charge in [-0.3, -0.25) is 35.3 Å². The molecule has 3 amide bonds. The lowest BCUT2D eigenvalue weighted by molar-refractivity contribution is -0.384. The van der Waals surface area contributed by atoms with Crippen molar-refractivity contribution in [2.24, 2.45) is 0 Å². The number of non-ortho nitro benzene ring substituents is 1. The molecule has 3 N–H and O–H groups in total. The van der Waals surface area contributed by atoms with Gasteiger partial charge in [0.05, 0.1) is 15.9 Å². The Labute approximate surface area is 169 Å². The zero-order valence-corrected chi connectivity index (χ0v) is 16.0. The molecule has 1 atom stereocenters. The minimum atomic E-state index is -0.715. The van der Waals surface area contributed by atoms with Crippen LogP contribution in [0.4, 0.5) is 15.8 Å². The first-order valence-electron chi connectivity index (χ1n) is 8.28. The maximum atomic E-state index is 12.8. The maximum Gasteiger partial charge on any atom is 0.270 e. The summed E-state index contributed by atoms with van der Waals surface area (Å²) in [6.07, 6.45) is 0. The van der Waals surface area contributed by atoms with E-state index in [1.165, 1.54) is 42.5 Å². The number of hydrogen-bond donors (Lipinski definition) is 3. The lowest BCUT2D eigenvalue weighted by atomic mass is 10.2. The third-order valence-corrected chi connectivity index (χ3v) is 4.72. The Bertz CT molecular complexity index is 923. The van der Waals surface area contributed by atoms with E-state index in [-0.39, 0.29) is 22.9 Å². The van der Waals surface area contributed by atoms with Crippen LogP contribution in [0.2, 0.25) is 0 Å². The summed E-state index contributed by atoms with van der Waals surface area (Å²) in [7, 11) is 0. The van der Waals surface area contributed by atoms with Crippen molar-refractivity contribution in [3.8, 4) is 0 Å². The van der Waals surface area contributed by atoms with E-state index in [0.717, 1.165) is 17.8 Å². The zero-order valence-electron chi connectivity index (χ0n) is 15.2. The fraction of sp³-hybridized carbons (Fsp3) is 0.167. The van der Waals surface area contributed by atoms with Crippen LogP contribution in [0.15, 0.2) is 48.5 Å². The van der Waals surface area contributed by atoms with Crippen LogP contribution < -0.4 is 16.2 Å². The second-order valence-electron chi connectivity index (χ2n) is 5.76. The summed E-state index contributed by atoms with van der Waals surface area (Å²) in [5, 5.41) is 12.6. The molecular formula is C18H17FN4O5S. The Morgan fingerprint density at radius 3 is 2.48 bits per heavy atom. The molecule has 0 aromatic heterocycles. The van der Waals surface area contributed by atoms with Gasteiger partial charge in [0, 0.05) is 23.4 Å². The minimum absolute atomic E-state index is 0.0125. The molecule has 11 heteroatoms. The number of carbonyl (C=O) groups is 3. The largest absolute Gasteiger partial charge is 0.325 e. The van der Waals surface area contributed by atoms with Gasteiger partial charge in [-0.15, -0.1) is 11.8 Å². The monoisotopic (exact) mass is 420 g/mol. The molecule has 0 saturated heterocycles. The number of thioether (sulfide) groups is 1. The number of amides is 3. The molecule has 0 radical (unpaired) electrons. The summed E-state index contributed by atoms with van der Waals surface area (Å²) >= 11 is 1.03. The Hall–Kier alpha value is -3.47. The molecule has 0 aliphatic heterocycles.